The van der Waals surface area contributed by atoms with Crippen LogP contribution in [0, 0.1) is 16.0 Å². The molecule has 0 aliphatic rings. The first-order chi connectivity index (χ1) is 19.0. The smallest absolute Gasteiger partial charge is 0.328 e. The van der Waals surface area contributed by atoms with Crippen molar-refractivity contribution in [2.75, 3.05) is 17.7 Å². The van der Waals surface area contributed by atoms with Gasteiger partial charge in [0.2, 0.25) is 5.91 Å². The Kier molecular flexibility index (Phi) is 9.74. The van der Waals surface area contributed by atoms with Gasteiger partial charge in [0, 0.05) is 36.6 Å². The number of nitro benzene ring substituents is 1. The van der Waals surface area contributed by atoms with Gasteiger partial charge in [-0.05, 0) is 42.2 Å². The number of benzene rings is 2. The number of non-ortho nitro benzene ring substituents is 1. The molecular weight excluding hydrogens is 518 g/mol. The van der Waals surface area contributed by atoms with E-state index in [0.717, 1.165) is 0 Å². The Morgan fingerprint density at radius 2 is 1.68 bits per heavy atom. The average molecular weight is 550 g/mol. The number of methoxy groups -OCH3 is 1. The van der Waals surface area contributed by atoms with E-state index in [-0.39, 0.29) is 35.2 Å². The number of carbonyl (C=O) groups excluding carboxylic acids is 4. The highest BCUT2D eigenvalue weighted by Crippen LogP contribution is 2.19. The van der Waals surface area contributed by atoms with Crippen LogP contribution in [0.4, 0.5) is 17.1 Å². The van der Waals surface area contributed by atoms with E-state index in [0.29, 0.717) is 23.4 Å². The van der Waals surface area contributed by atoms with Crippen molar-refractivity contribution in [2.24, 2.45) is 13.0 Å². The highest BCUT2D eigenvalue weighted by atomic mass is 16.6. The number of anilines is 2. The molecule has 0 saturated heterocycles. The monoisotopic (exact) mass is 549 g/mol. The maximum absolute atomic E-state index is 13.0. The fourth-order valence-corrected chi connectivity index (χ4v) is 4.04. The Labute approximate surface area is 230 Å². The molecule has 0 aliphatic heterocycles. The molecule has 210 valence electrons. The quantitative estimate of drug-likeness (QED) is 0.187. The molecule has 0 bridgehead atoms. The molecule has 0 unspecified atom stereocenters. The van der Waals surface area contributed by atoms with Crippen molar-refractivity contribution in [2.45, 2.75) is 32.7 Å². The number of nitro groups is 1. The molecule has 3 rings (SSSR count). The van der Waals surface area contributed by atoms with E-state index in [9.17, 15) is 29.3 Å². The number of nitrogens with one attached hydrogen (secondary N) is 3. The molecule has 0 saturated carbocycles. The van der Waals surface area contributed by atoms with Crippen molar-refractivity contribution in [3.05, 3.63) is 87.7 Å². The summed E-state index contributed by atoms with van der Waals surface area (Å²) in [4.78, 5) is 60.5. The number of hydrogen-bond acceptors (Lipinski definition) is 7. The Hall–Kier alpha value is -5.00. The van der Waals surface area contributed by atoms with E-state index in [1.165, 1.54) is 42.0 Å². The van der Waals surface area contributed by atoms with Crippen LogP contribution in [0.25, 0.3) is 0 Å². The lowest BCUT2D eigenvalue weighted by Gasteiger charge is -2.18. The first-order valence-corrected chi connectivity index (χ1v) is 12.5. The first kappa shape index (κ1) is 29.6. The van der Waals surface area contributed by atoms with Crippen LogP contribution in [0.5, 0.6) is 0 Å². The SMILES string of the molecule is COC(=O)[C@H](CC(C)C)NC(=O)Cc1cccc(NC(=O)c2cc(NC(=O)c3cccc([N+](=O)[O-])c3)cn2C)c1. The summed E-state index contributed by atoms with van der Waals surface area (Å²) < 4.78 is 6.31. The molecule has 1 atom stereocenters. The van der Waals surface area contributed by atoms with Crippen LogP contribution >= 0.6 is 0 Å². The number of hydrogen-bond donors (Lipinski definition) is 3. The summed E-state index contributed by atoms with van der Waals surface area (Å²) >= 11 is 0. The van der Waals surface area contributed by atoms with Crippen molar-refractivity contribution in [1.82, 2.24) is 9.88 Å². The van der Waals surface area contributed by atoms with E-state index >= 15 is 0 Å². The first-order valence-electron chi connectivity index (χ1n) is 12.5. The van der Waals surface area contributed by atoms with E-state index in [1.54, 1.807) is 37.5 Å². The Balaban J connectivity index is 1.65. The zero-order valence-electron chi connectivity index (χ0n) is 22.6. The number of esters is 1. The van der Waals surface area contributed by atoms with Crippen LogP contribution in [0.3, 0.4) is 0 Å². The van der Waals surface area contributed by atoms with Gasteiger partial charge in [0.05, 0.1) is 24.1 Å². The van der Waals surface area contributed by atoms with E-state index in [4.69, 9.17) is 4.74 Å². The predicted octanol–water partition coefficient (Wildman–Crippen LogP) is 3.68. The van der Waals surface area contributed by atoms with Crippen molar-refractivity contribution < 1.29 is 28.8 Å². The molecule has 0 spiro atoms. The second-order valence-corrected chi connectivity index (χ2v) is 9.59. The number of rotatable bonds is 11. The number of carbonyl (C=O) groups is 4. The summed E-state index contributed by atoms with van der Waals surface area (Å²) in [6, 6.07) is 12.8. The topological polar surface area (TPSA) is 162 Å². The van der Waals surface area contributed by atoms with Crippen LogP contribution in [0.1, 0.15) is 46.7 Å². The maximum Gasteiger partial charge on any atom is 0.328 e. The van der Waals surface area contributed by atoms with Crippen LogP contribution < -0.4 is 16.0 Å². The van der Waals surface area contributed by atoms with Crippen molar-refractivity contribution in [1.29, 1.82) is 0 Å². The Bertz CT molecular complexity index is 1430. The molecule has 0 radical (unpaired) electrons. The van der Waals surface area contributed by atoms with Crippen LogP contribution in [0.15, 0.2) is 60.8 Å². The van der Waals surface area contributed by atoms with Gasteiger partial charge >= 0.3 is 5.97 Å². The third-order valence-electron chi connectivity index (χ3n) is 5.89. The number of aryl methyl sites for hydroxylation is 1. The van der Waals surface area contributed by atoms with Gasteiger partial charge in [0.1, 0.15) is 11.7 Å². The minimum absolute atomic E-state index is 0.00666. The lowest BCUT2D eigenvalue weighted by molar-refractivity contribution is -0.384. The molecule has 12 nitrogen and oxygen atoms in total. The third-order valence-corrected chi connectivity index (χ3v) is 5.89. The lowest BCUT2D eigenvalue weighted by Crippen LogP contribution is -2.43. The summed E-state index contributed by atoms with van der Waals surface area (Å²) in [6.07, 6.45) is 1.98. The van der Waals surface area contributed by atoms with Gasteiger partial charge in [-0.3, -0.25) is 24.5 Å². The average Bonchev–Trinajstić information content (AvgIpc) is 3.27. The molecule has 1 heterocycles. The van der Waals surface area contributed by atoms with Gasteiger partial charge < -0.3 is 25.3 Å². The minimum atomic E-state index is -0.746. The zero-order valence-corrected chi connectivity index (χ0v) is 22.6. The van der Waals surface area contributed by atoms with Crippen molar-refractivity contribution in [3.8, 4) is 0 Å². The molecule has 3 amide bonds. The maximum atomic E-state index is 13.0. The van der Waals surface area contributed by atoms with Gasteiger partial charge in [0.15, 0.2) is 0 Å². The summed E-state index contributed by atoms with van der Waals surface area (Å²) in [5.41, 5.74) is 1.54. The second kappa shape index (κ2) is 13.2. The minimum Gasteiger partial charge on any atom is -0.467 e. The fraction of sp³-hybridized carbons (Fsp3) is 0.286. The third kappa shape index (κ3) is 8.00. The molecule has 3 aromatic rings. The Morgan fingerprint density at radius 1 is 0.975 bits per heavy atom. The number of nitrogens with zero attached hydrogens (tertiary/aromatic N) is 2. The molecule has 12 heteroatoms. The number of amides is 3. The highest BCUT2D eigenvalue weighted by Gasteiger charge is 2.23. The molecule has 0 aliphatic carbocycles. The van der Waals surface area contributed by atoms with Crippen molar-refractivity contribution in [3.63, 3.8) is 0 Å². The molecule has 40 heavy (non-hydrogen) atoms. The Morgan fingerprint density at radius 3 is 2.35 bits per heavy atom. The molecular formula is C28H31N5O7. The van der Waals surface area contributed by atoms with Crippen LogP contribution in [-0.2, 0) is 27.8 Å². The van der Waals surface area contributed by atoms with Gasteiger partial charge in [-0.1, -0.05) is 32.0 Å². The van der Waals surface area contributed by atoms with Gasteiger partial charge in [0.25, 0.3) is 17.5 Å². The van der Waals surface area contributed by atoms with E-state index < -0.39 is 28.7 Å². The summed E-state index contributed by atoms with van der Waals surface area (Å²) in [5, 5.41) is 19.1. The van der Waals surface area contributed by atoms with E-state index in [2.05, 4.69) is 16.0 Å². The van der Waals surface area contributed by atoms with Gasteiger partial charge in [-0.25, -0.2) is 4.79 Å². The zero-order chi connectivity index (χ0) is 29.4. The standard InChI is InChI=1S/C28H31N5O7/c1-17(2)11-23(28(37)40-4)31-25(34)13-18-7-5-9-20(12-18)29-27(36)24-15-21(16-32(24)3)30-26(35)19-8-6-10-22(14-19)33(38)39/h5-10,12,14-17,23H,11,13H2,1-4H3,(H,29,36)(H,30,35)(H,31,34)/t23-/m0/s1. The van der Waals surface area contributed by atoms with Crippen LogP contribution in [0.2, 0.25) is 0 Å². The fourth-order valence-electron chi connectivity index (χ4n) is 4.04. The van der Waals surface area contributed by atoms with Gasteiger partial charge in [-0.2, -0.15) is 0 Å². The largest absolute Gasteiger partial charge is 0.467 e. The van der Waals surface area contributed by atoms with Crippen LogP contribution in [-0.4, -0.2) is 46.3 Å². The highest BCUT2D eigenvalue weighted by molar-refractivity contribution is 6.07. The molecule has 2 aromatic carbocycles. The summed E-state index contributed by atoms with van der Waals surface area (Å²) in [5.74, 6) is -1.70. The van der Waals surface area contributed by atoms with E-state index in [1.807, 2.05) is 13.8 Å². The second-order valence-electron chi connectivity index (χ2n) is 9.59. The normalized spacial score (nSPS) is 11.4. The van der Waals surface area contributed by atoms with Gasteiger partial charge in [-0.15, -0.1) is 0 Å². The molecule has 0 fully saturated rings. The summed E-state index contributed by atoms with van der Waals surface area (Å²) in [7, 11) is 2.91. The van der Waals surface area contributed by atoms with Crippen molar-refractivity contribution >= 4 is 40.8 Å². The lowest BCUT2D eigenvalue weighted by atomic mass is 10.0. The molecule has 3 N–H and O–H groups in total. The summed E-state index contributed by atoms with van der Waals surface area (Å²) in [6.45, 7) is 3.88. The predicted molar refractivity (Wildman–Crippen MR) is 148 cm³/mol. The number of aromatic nitrogens is 1. The number of ether oxygens (including phenoxy) is 1. The molecule has 1 aromatic heterocycles.